The van der Waals surface area contributed by atoms with Gasteiger partial charge in [-0.05, 0) is 28.1 Å². The van der Waals surface area contributed by atoms with Crippen LogP contribution in [0.15, 0.2) is 16.6 Å². The Labute approximate surface area is 83.2 Å². The fraction of sp³-hybridized carbons (Fsp3) is 0.125. The number of hydrogen-bond acceptors (Lipinski definition) is 2. The van der Waals surface area contributed by atoms with E-state index in [1.54, 1.807) is 0 Å². The van der Waals surface area contributed by atoms with Gasteiger partial charge in [0.25, 0.3) is 5.91 Å². The maximum absolute atomic E-state index is 12.8. The van der Waals surface area contributed by atoms with Crippen LogP contribution in [-0.4, -0.2) is 13.0 Å². The molecule has 0 spiro atoms. The van der Waals surface area contributed by atoms with E-state index in [2.05, 4.69) is 21.2 Å². The number of halogens is 2. The first-order chi connectivity index (χ1) is 6.06. The lowest BCUT2D eigenvalue weighted by Crippen LogP contribution is -2.19. The van der Waals surface area contributed by atoms with Crippen molar-refractivity contribution in [3.8, 4) is 0 Å². The number of nitrogen functional groups attached to an aromatic ring is 1. The Morgan fingerprint density at radius 1 is 1.62 bits per heavy atom. The zero-order valence-corrected chi connectivity index (χ0v) is 8.48. The second kappa shape index (κ2) is 3.74. The molecule has 1 amide bonds. The van der Waals surface area contributed by atoms with Gasteiger partial charge in [-0.3, -0.25) is 4.79 Å². The highest BCUT2D eigenvalue weighted by Gasteiger charge is 2.11. The largest absolute Gasteiger partial charge is 0.397 e. The van der Waals surface area contributed by atoms with E-state index in [1.807, 2.05) is 0 Å². The van der Waals surface area contributed by atoms with Crippen LogP contribution in [0.4, 0.5) is 10.1 Å². The standard InChI is InChI=1S/C8H8BrFN2O/c1-12-8(13)5-2-4(10)3-6(9)7(5)11/h2-3H,11H2,1H3,(H,12,13). The summed E-state index contributed by atoms with van der Waals surface area (Å²) in [6, 6.07) is 2.31. The van der Waals surface area contributed by atoms with Gasteiger partial charge in [-0.2, -0.15) is 0 Å². The molecule has 3 nitrogen and oxygen atoms in total. The number of amides is 1. The quantitative estimate of drug-likeness (QED) is 0.739. The van der Waals surface area contributed by atoms with Crippen LogP contribution in [0.5, 0.6) is 0 Å². The normalized spacial score (nSPS) is 9.77. The van der Waals surface area contributed by atoms with E-state index in [1.165, 1.54) is 13.1 Å². The van der Waals surface area contributed by atoms with Gasteiger partial charge < -0.3 is 11.1 Å². The van der Waals surface area contributed by atoms with Crippen LogP contribution in [0, 0.1) is 5.82 Å². The van der Waals surface area contributed by atoms with Gasteiger partial charge in [-0.25, -0.2) is 4.39 Å². The summed E-state index contributed by atoms with van der Waals surface area (Å²) < 4.78 is 13.2. The van der Waals surface area contributed by atoms with Gasteiger partial charge >= 0.3 is 0 Å². The number of carbonyl (C=O) groups is 1. The summed E-state index contributed by atoms with van der Waals surface area (Å²) in [6.45, 7) is 0. The molecule has 0 aromatic heterocycles. The zero-order valence-electron chi connectivity index (χ0n) is 6.90. The molecular weight excluding hydrogens is 239 g/mol. The Morgan fingerprint density at radius 2 is 2.23 bits per heavy atom. The molecule has 5 heteroatoms. The number of benzene rings is 1. The Morgan fingerprint density at radius 3 is 2.77 bits per heavy atom. The lowest BCUT2D eigenvalue weighted by atomic mass is 10.1. The Bertz CT molecular complexity index is 354. The van der Waals surface area contributed by atoms with Gasteiger partial charge in [0.15, 0.2) is 0 Å². The highest BCUT2D eigenvalue weighted by Crippen LogP contribution is 2.24. The van der Waals surface area contributed by atoms with Crippen LogP contribution in [0.25, 0.3) is 0 Å². The van der Waals surface area contributed by atoms with E-state index < -0.39 is 11.7 Å². The van der Waals surface area contributed by atoms with Crippen molar-refractivity contribution in [2.75, 3.05) is 12.8 Å². The lowest BCUT2D eigenvalue weighted by Gasteiger charge is -2.05. The third-order valence-electron chi connectivity index (χ3n) is 1.57. The Hall–Kier alpha value is -1.10. The van der Waals surface area contributed by atoms with E-state index in [9.17, 15) is 9.18 Å². The minimum absolute atomic E-state index is 0.134. The van der Waals surface area contributed by atoms with E-state index in [4.69, 9.17) is 5.73 Å². The summed E-state index contributed by atoms with van der Waals surface area (Å²) in [6.07, 6.45) is 0. The fourth-order valence-corrected chi connectivity index (χ4v) is 1.34. The van der Waals surface area contributed by atoms with Crippen LogP contribution in [0.3, 0.4) is 0 Å². The van der Waals surface area contributed by atoms with Crippen LogP contribution in [-0.2, 0) is 0 Å². The summed E-state index contributed by atoms with van der Waals surface area (Å²) in [7, 11) is 1.46. The van der Waals surface area contributed by atoms with Crippen molar-refractivity contribution in [3.05, 3.63) is 28.0 Å². The molecule has 1 aromatic carbocycles. The van der Waals surface area contributed by atoms with E-state index in [0.29, 0.717) is 4.47 Å². The number of hydrogen-bond donors (Lipinski definition) is 2. The molecule has 0 fully saturated rings. The van der Waals surface area contributed by atoms with Gasteiger partial charge in [0.2, 0.25) is 0 Å². The summed E-state index contributed by atoms with van der Waals surface area (Å²) in [5, 5.41) is 2.37. The van der Waals surface area contributed by atoms with Crippen molar-refractivity contribution >= 4 is 27.5 Å². The monoisotopic (exact) mass is 246 g/mol. The highest BCUT2D eigenvalue weighted by molar-refractivity contribution is 9.10. The number of rotatable bonds is 1. The molecule has 0 radical (unpaired) electrons. The first-order valence-corrected chi connectivity index (χ1v) is 4.32. The second-order valence-corrected chi connectivity index (χ2v) is 3.28. The van der Waals surface area contributed by atoms with Crippen LogP contribution < -0.4 is 11.1 Å². The van der Waals surface area contributed by atoms with Crippen molar-refractivity contribution in [3.63, 3.8) is 0 Å². The molecule has 0 saturated heterocycles. The van der Waals surface area contributed by atoms with Crippen LogP contribution in [0.1, 0.15) is 10.4 Å². The minimum atomic E-state index is -0.500. The average Bonchev–Trinajstić information content (AvgIpc) is 2.10. The van der Waals surface area contributed by atoms with Crippen LogP contribution >= 0.6 is 15.9 Å². The van der Waals surface area contributed by atoms with Gasteiger partial charge in [0.1, 0.15) is 5.82 Å². The maximum atomic E-state index is 12.8. The molecule has 0 heterocycles. The van der Waals surface area contributed by atoms with Crippen molar-refractivity contribution in [2.45, 2.75) is 0 Å². The van der Waals surface area contributed by atoms with E-state index >= 15 is 0 Å². The summed E-state index contributed by atoms with van der Waals surface area (Å²) in [5.41, 5.74) is 5.92. The topological polar surface area (TPSA) is 55.1 Å². The molecule has 0 saturated carbocycles. The van der Waals surface area contributed by atoms with Crippen molar-refractivity contribution in [1.82, 2.24) is 5.32 Å². The SMILES string of the molecule is CNC(=O)c1cc(F)cc(Br)c1N. The zero-order chi connectivity index (χ0) is 10.0. The third-order valence-corrected chi connectivity index (χ3v) is 2.22. The average molecular weight is 247 g/mol. The molecular formula is C8H8BrFN2O. The highest BCUT2D eigenvalue weighted by atomic mass is 79.9. The summed E-state index contributed by atoms with van der Waals surface area (Å²) in [4.78, 5) is 11.2. The minimum Gasteiger partial charge on any atom is -0.397 e. The smallest absolute Gasteiger partial charge is 0.253 e. The van der Waals surface area contributed by atoms with Gasteiger partial charge in [0, 0.05) is 11.5 Å². The van der Waals surface area contributed by atoms with Crippen molar-refractivity contribution < 1.29 is 9.18 Å². The Balaban J connectivity index is 3.28. The molecule has 0 aliphatic heterocycles. The van der Waals surface area contributed by atoms with Crippen molar-refractivity contribution in [1.29, 1.82) is 0 Å². The molecule has 1 rings (SSSR count). The lowest BCUT2D eigenvalue weighted by molar-refractivity contribution is 0.0963. The molecule has 0 aliphatic carbocycles. The Kier molecular flexibility index (Phi) is 2.87. The summed E-state index contributed by atoms with van der Waals surface area (Å²) in [5.74, 6) is -0.905. The summed E-state index contributed by atoms with van der Waals surface area (Å²) >= 11 is 3.05. The van der Waals surface area contributed by atoms with Crippen molar-refractivity contribution in [2.24, 2.45) is 0 Å². The first kappa shape index (κ1) is 9.98. The number of carbonyl (C=O) groups excluding carboxylic acids is 1. The molecule has 1 aromatic rings. The number of anilines is 1. The third kappa shape index (κ3) is 1.98. The molecule has 0 atom stereocenters. The number of nitrogens with two attached hydrogens (primary N) is 1. The molecule has 0 unspecified atom stereocenters. The predicted molar refractivity (Wildman–Crippen MR) is 51.9 cm³/mol. The maximum Gasteiger partial charge on any atom is 0.253 e. The molecule has 3 N–H and O–H groups in total. The number of nitrogens with one attached hydrogen (secondary N) is 1. The molecule has 0 aliphatic rings. The van der Waals surface area contributed by atoms with Gasteiger partial charge in [0.05, 0.1) is 11.3 Å². The first-order valence-electron chi connectivity index (χ1n) is 3.53. The van der Waals surface area contributed by atoms with Crippen LogP contribution in [0.2, 0.25) is 0 Å². The van der Waals surface area contributed by atoms with E-state index in [0.717, 1.165) is 6.07 Å². The predicted octanol–water partition coefficient (Wildman–Crippen LogP) is 1.53. The molecule has 0 bridgehead atoms. The molecule has 70 valence electrons. The fourth-order valence-electron chi connectivity index (χ4n) is 0.907. The van der Waals surface area contributed by atoms with E-state index in [-0.39, 0.29) is 11.3 Å². The van der Waals surface area contributed by atoms with Gasteiger partial charge in [-0.1, -0.05) is 0 Å². The second-order valence-electron chi connectivity index (χ2n) is 2.43. The van der Waals surface area contributed by atoms with Gasteiger partial charge in [-0.15, -0.1) is 0 Å². The molecule has 13 heavy (non-hydrogen) atoms.